The van der Waals surface area contributed by atoms with Crippen molar-refractivity contribution in [2.75, 3.05) is 26.2 Å². The third kappa shape index (κ3) is 4.31. The summed E-state index contributed by atoms with van der Waals surface area (Å²) in [5.41, 5.74) is 3.46. The fourth-order valence-corrected chi connectivity index (χ4v) is 4.29. The van der Waals surface area contributed by atoms with Gasteiger partial charge in [-0.15, -0.1) is 0 Å². The van der Waals surface area contributed by atoms with Gasteiger partial charge in [0.2, 0.25) is 5.91 Å². The summed E-state index contributed by atoms with van der Waals surface area (Å²) in [5, 5.41) is 0.980. The van der Waals surface area contributed by atoms with E-state index in [-0.39, 0.29) is 17.5 Å². The van der Waals surface area contributed by atoms with Gasteiger partial charge in [-0.1, -0.05) is 49.4 Å². The smallest absolute Gasteiger partial charge is 0.336 e. The molecule has 156 valence electrons. The highest BCUT2D eigenvalue weighted by molar-refractivity contribution is 5.84. The van der Waals surface area contributed by atoms with Crippen LogP contribution in [0.25, 0.3) is 11.0 Å². The van der Waals surface area contributed by atoms with Crippen molar-refractivity contribution >= 4 is 16.9 Å². The highest BCUT2D eigenvalue weighted by Crippen LogP contribution is 2.24. The lowest BCUT2D eigenvalue weighted by Gasteiger charge is -2.36. The Morgan fingerprint density at radius 3 is 2.47 bits per heavy atom. The minimum atomic E-state index is -0.314. The van der Waals surface area contributed by atoms with Crippen molar-refractivity contribution in [3.8, 4) is 0 Å². The summed E-state index contributed by atoms with van der Waals surface area (Å²) in [7, 11) is 0. The molecule has 0 bridgehead atoms. The number of piperazine rings is 1. The Labute approximate surface area is 176 Å². The third-order valence-electron chi connectivity index (χ3n) is 5.97. The van der Waals surface area contributed by atoms with Gasteiger partial charge in [0.1, 0.15) is 5.58 Å². The van der Waals surface area contributed by atoms with Crippen LogP contribution in [0.3, 0.4) is 0 Å². The van der Waals surface area contributed by atoms with Crippen LogP contribution in [0.1, 0.15) is 36.0 Å². The number of nitrogens with zero attached hydrogens (tertiary/aromatic N) is 2. The monoisotopic (exact) mass is 404 g/mol. The Bertz CT molecular complexity index is 1080. The minimum absolute atomic E-state index is 0.0799. The van der Waals surface area contributed by atoms with Gasteiger partial charge in [-0.05, 0) is 36.1 Å². The highest BCUT2D eigenvalue weighted by atomic mass is 16.4. The van der Waals surface area contributed by atoms with E-state index in [0.717, 1.165) is 41.6 Å². The summed E-state index contributed by atoms with van der Waals surface area (Å²) >= 11 is 0. The second kappa shape index (κ2) is 8.84. The number of fused-ring (bicyclic) bond motifs is 1. The number of hydrogen-bond donors (Lipinski definition) is 0. The summed E-state index contributed by atoms with van der Waals surface area (Å²) in [5.74, 6) is 0.133. The van der Waals surface area contributed by atoms with Crippen molar-refractivity contribution < 1.29 is 9.21 Å². The van der Waals surface area contributed by atoms with E-state index in [9.17, 15) is 9.59 Å². The Morgan fingerprint density at radius 2 is 1.77 bits per heavy atom. The molecule has 3 aromatic rings. The first-order valence-corrected chi connectivity index (χ1v) is 10.6. The van der Waals surface area contributed by atoms with Crippen molar-refractivity contribution in [1.29, 1.82) is 0 Å². The first-order chi connectivity index (χ1) is 14.5. The maximum atomic E-state index is 13.1. The van der Waals surface area contributed by atoms with Crippen molar-refractivity contribution in [2.45, 2.75) is 32.7 Å². The average molecular weight is 405 g/mol. The van der Waals surface area contributed by atoms with E-state index in [1.807, 2.05) is 60.4 Å². The molecular formula is C25H28N2O3. The number of aryl methyl sites for hydroxylation is 1. The number of amides is 1. The normalized spacial score (nSPS) is 16.0. The minimum Gasteiger partial charge on any atom is -0.423 e. The van der Waals surface area contributed by atoms with Crippen LogP contribution in [0.4, 0.5) is 0 Å². The molecule has 5 nitrogen and oxygen atoms in total. The predicted octanol–water partition coefficient (Wildman–Crippen LogP) is 3.94. The molecule has 1 amide bonds. The molecule has 0 N–H and O–H groups in total. The predicted molar refractivity (Wildman–Crippen MR) is 119 cm³/mol. The molecule has 1 saturated heterocycles. The van der Waals surface area contributed by atoms with E-state index >= 15 is 0 Å². The lowest BCUT2D eigenvalue weighted by Crippen LogP contribution is -2.49. The molecule has 1 aromatic heterocycles. The Kier molecular flexibility index (Phi) is 6.00. The van der Waals surface area contributed by atoms with Crippen molar-refractivity contribution in [3.63, 3.8) is 0 Å². The molecule has 0 unspecified atom stereocenters. The second-order valence-corrected chi connectivity index (χ2v) is 8.06. The van der Waals surface area contributed by atoms with Gasteiger partial charge in [0, 0.05) is 44.2 Å². The summed E-state index contributed by atoms with van der Waals surface area (Å²) in [6.45, 7) is 7.75. The molecule has 5 heteroatoms. The molecule has 1 aliphatic heterocycles. The number of hydrogen-bond acceptors (Lipinski definition) is 4. The molecule has 2 heterocycles. The standard InChI is InChI=1S/C25H28N2O3/c1-3-21(19-7-5-4-6-8-19)25(29)27-13-11-26(12-14-27)17-20-16-24(28)30-23-15-18(2)9-10-22(20)23/h4-10,15-16,21H,3,11-14,17H2,1-2H3/t21-/m1/s1. The van der Waals surface area contributed by atoms with Crippen LogP contribution in [0, 0.1) is 6.92 Å². The van der Waals surface area contributed by atoms with E-state index in [1.54, 1.807) is 6.07 Å². The average Bonchev–Trinajstić information content (AvgIpc) is 2.75. The molecule has 1 fully saturated rings. The Hall–Kier alpha value is -2.92. The lowest BCUT2D eigenvalue weighted by molar-refractivity contribution is -0.134. The molecule has 2 aromatic carbocycles. The van der Waals surface area contributed by atoms with Crippen molar-refractivity contribution in [3.05, 3.63) is 81.7 Å². The van der Waals surface area contributed by atoms with Gasteiger partial charge in [-0.25, -0.2) is 4.79 Å². The van der Waals surface area contributed by atoms with Crippen LogP contribution in [-0.2, 0) is 11.3 Å². The van der Waals surface area contributed by atoms with Crippen molar-refractivity contribution in [2.24, 2.45) is 0 Å². The maximum Gasteiger partial charge on any atom is 0.336 e. The van der Waals surface area contributed by atoms with E-state index < -0.39 is 0 Å². The van der Waals surface area contributed by atoms with Crippen LogP contribution in [0.5, 0.6) is 0 Å². The zero-order valence-electron chi connectivity index (χ0n) is 17.6. The third-order valence-corrected chi connectivity index (χ3v) is 5.97. The van der Waals surface area contributed by atoms with Gasteiger partial charge in [-0.2, -0.15) is 0 Å². The summed E-state index contributed by atoms with van der Waals surface area (Å²) in [4.78, 5) is 29.4. The van der Waals surface area contributed by atoms with Crippen molar-refractivity contribution in [1.82, 2.24) is 9.80 Å². The molecule has 30 heavy (non-hydrogen) atoms. The topological polar surface area (TPSA) is 53.8 Å². The first-order valence-electron chi connectivity index (χ1n) is 10.6. The van der Waals surface area contributed by atoms with Crippen LogP contribution in [-0.4, -0.2) is 41.9 Å². The number of carbonyl (C=O) groups excluding carboxylic acids is 1. The molecule has 0 saturated carbocycles. The van der Waals surface area contributed by atoms with Crippen LogP contribution >= 0.6 is 0 Å². The number of benzene rings is 2. The van der Waals surface area contributed by atoms with Crippen LogP contribution in [0.15, 0.2) is 63.8 Å². The fourth-order valence-electron chi connectivity index (χ4n) is 4.29. The van der Waals surface area contributed by atoms with Gasteiger partial charge in [0.25, 0.3) is 0 Å². The lowest BCUT2D eigenvalue weighted by atomic mass is 9.95. The summed E-state index contributed by atoms with van der Waals surface area (Å²) in [6, 6.07) is 17.6. The number of rotatable bonds is 5. The second-order valence-electron chi connectivity index (χ2n) is 8.06. The van der Waals surface area contributed by atoms with E-state index in [1.165, 1.54) is 0 Å². The van der Waals surface area contributed by atoms with Gasteiger partial charge in [0.15, 0.2) is 0 Å². The molecular weight excluding hydrogens is 376 g/mol. The van der Waals surface area contributed by atoms with Gasteiger partial charge < -0.3 is 9.32 Å². The number of carbonyl (C=O) groups is 1. The molecule has 0 spiro atoms. The Morgan fingerprint density at radius 1 is 1.03 bits per heavy atom. The molecule has 4 rings (SSSR count). The largest absolute Gasteiger partial charge is 0.423 e. The first kappa shape index (κ1) is 20.4. The molecule has 0 radical (unpaired) electrons. The highest BCUT2D eigenvalue weighted by Gasteiger charge is 2.27. The zero-order chi connectivity index (χ0) is 21.1. The van der Waals surface area contributed by atoms with Gasteiger partial charge in [0.05, 0.1) is 5.92 Å². The maximum absolute atomic E-state index is 13.1. The SMILES string of the molecule is CC[C@@H](C(=O)N1CCN(Cc2cc(=O)oc3cc(C)ccc23)CC1)c1ccccc1. The van der Waals surface area contributed by atoms with E-state index in [0.29, 0.717) is 25.2 Å². The van der Waals surface area contributed by atoms with Crippen LogP contribution < -0.4 is 5.63 Å². The molecule has 1 atom stereocenters. The molecule has 1 aliphatic rings. The molecule has 0 aliphatic carbocycles. The fraction of sp³-hybridized carbons (Fsp3) is 0.360. The van der Waals surface area contributed by atoms with Crippen LogP contribution in [0.2, 0.25) is 0 Å². The zero-order valence-corrected chi connectivity index (χ0v) is 17.6. The summed E-state index contributed by atoms with van der Waals surface area (Å²) < 4.78 is 5.37. The van der Waals surface area contributed by atoms with Gasteiger partial charge >= 0.3 is 5.63 Å². The van der Waals surface area contributed by atoms with E-state index in [2.05, 4.69) is 11.8 Å². The Balaban J connectivity index is 1.43. The quantitative estimate of drug-likeness (QED) is 0.605. The van der Waals surface area contributed by atoms with Gasteiger partial charge in [-0.3, -0.25) is 9.69 Å². The summed E-state index contributed by atoms with van der Waals surface area (Å²) in [6.07, 6.45) is 0.800. The van der Waals surface area contributed by atoms with E-state index in [4.69, 9.17) is 4.42 Å².